The number of benzene rings is 2. The monoisotopic (exact) mass is 563 g/mol. The molecule has 0 fully saturated rings. The van der Waals surface area contributed by atoms with Gasteiger partial charge in [0.1, 0.15) is 0 Å². The molecule has 0 radical (unpaired) electrons. The largest absolute Gasteiger partial charge is 0.416 e. The van der Waals surface area contributed by atoms with Crippen LogP contribution in [0, 0.1) is 0 Å². The van der Waals surface area contributed by atoms with E-state index in [-0.39, 0.29) is 42.6 Å². The van der Waals surface area contributed by atoms with E-state index < -0.39 is 11.7 Å². The average Bonchev–Trinajstić information content (AvgIpc) is 2.70. The SMILES string of the molecule is CCNC(=NCc1cccc(C(F)(F)F)c1)NCc1ccc(NC(=O)NC(C)C)cc1.I. The highest BCUT2D eigenvalue weighted by Gasteiger charge is 2.30. The van der Waals surface area contributed by atoms with Crippen LogP contribution in [0.3, 0.4) is 0 Å². The molecule has 0 aliphatic rings. The summed E-state index contributed by atoms with van der Waals surface area (Å²) < 4.78 is 38.6. The molecule has 2 aromatic carbocycles. The molecule has 0 saturated heterocycles. The van der Waals surface area contributed by atoms with Crippen molar-refractivity contribution in [1.82, 2.24) is 16.0 Å². The number of hydrogen-bond donors (Lipinski definition) is 4. The Labute approximate surface area is 203 Å². The van der Waals surface area contributed by atoms with E-state index >= 15 is 0 Å². The fraction of sp³-hybridized carbons (Fsp3) is 0.364. The topological polar surface area (TPSA) is 77.6 Å². The van der Waals surface area contributed by atoms with Gasteiger partial charge in [0.25, 0.3) is 0 Å². The van der Waals surface area contributed by atoms with Gasteiger partial charge < -0.3 is 21.3 Å². The van der Waals surface area contributed by atoms with Gasteiger partial charge in [0.05, 0.1) is 12.1 Å². The van der Waals surface area contributed by atoms with Crippen molar-refractivity contribution in [3.05, 3.63) is 65.2 Å². The summed E-state index contributed by atoms with van der Waals surface area (Å²) in [4.78, 5) is 16.1. The van der Waals surface area contributed by atoms with Gasteiger partial charge in [-0.2, -0.15) is 13.2 Å². The number of amides is 2. The Morgan fingerprint density at radius 3 is 2.31 bits per heavy atom. The summed E-state index contributed by atoms with van der Waals surface area (Å²) in [6.45, 7) is 6.86. The van der Waals surface area contributed by atoms with Crippen LogP contribution in [-0.2, 0) is 19.3 Å². The first kappa shape index (κ1) is 27.5. The first-order valence-corrected chi connectivity index (χ1v) is 10.0. The van der Waals surface area contributed by atoms with Crippen LogP contribution in [0.2, 0.25) is 0 Å². The molecule has 0 aromatic heterocycles. The molecule has 176 valence electrons. The molecular weight excluding hydrogens is 534 g/mol. The first-order valence-electron chi connectivity index (χ1n) is 10.0. The van der Waals surface area contributed by atoms with Gasteiger partial charge in [-0.3, -0.25) is 0 Å². The van der Waals surface area contributed by atoms with Crippen molar-refractivity contribution in [2.45, 2.75) is 46.1 Å². The molecule has 0 bridgehead atoms. The molecule has 2 aromatic rings. The summed E-state index contributed by atoms with van der Waals surface area (Å²) in [5, 5.41) is 11.7. The summed E-state index contributed by atoms with van der Waals surface area (Å²) in [7, 11) is 0. The number of nitrogens with zero attached hydrogens (tertiary/aromatic N) is 1. The number of rotatable bonds is 7. The van der Waals surface area contributed by atoms with Crippen molar-refractivity contribution in [2.75, 3.05) is 11.9 Å². The number of alkyl halides is 3. The average molecular weight is 563 g/mol. The first-order chi connectivity index (χ1) is 14.7. The molecule has 0 atom stereocenters. The van der Waals surface area contributed by atoms with Gasteiger partial charge in [0, 0.05) is 24.8 Å². The third-order valence-corrected chi connectivity index (χ3v) is 4.11. The predicted molar refractivity (Wildman–Crippen MR) is 132 cm³/mol. The molecule has 0 spiro atoms. The summed E-state index contributed by atoms with van der Waals surface area (Å²) >= 11 is 0. The Bertz CT molecular complexity index is 886. The normalized spacial score (nSPS) is 11.5. The third kappa shape index (κ3) is 9.75. The van der Waals surface area contributed by atoms with E-state index in [1.807, 2.05) is 32.9 Å². The van der Waals surface area contributed by atoms with Gasteiger partial charge in [-0.25, -0.2) is 9.79 Å². The van der Waals surface area contributed by atoms with E-state index in [9.17, 15) is 18.0 Å². The summed E-state index contributed by atoms with van der Waals surface area (Å²) in [6, 6.07) is 12.3. The van der Waals surface area contributed by atoms with E-state index in [0.29, 0.717) is 30.3 Å². The summed E-state index contributed by atoms with van der Waals surface area (Å²) in [5.74, 6) is 0.499. The van der Waals surface area contributed by atoms with Crippen molar-refractivity contribution in [3.63, 3.8) is 0 Å². The predicted octanol–water partition coefficient (Wildman–Crippen LogP) is 5.11. The standard InChI is InChI=1S/C22H28F3N5O.HI/c1-4-26-20(28-14-17-6-5-7-18(12-17)22(23,24)25)27-13-16-8-10-19(11-9-16)30-21(31)29-15(2)3;/h5-12,15H,4,13-14H2,1-3H3,(H2,26,27,28)(H2,29,30,31);1H. The van der Waals surface area contributed by atoms with Crippen molar-refractivity contribution >= 4 is 41.7 Å². The van der Waals surface area contributed by atoms with Crippen LogP contribution in [0.15, 0.2) is 53.5 Å². The number of carbonyl (C=O) groups excluding carboxylic acids is 1. The van der Waals surface area contributed by atoms with Gasteiger partial charge in [-0.15, -0.1) is 24.0 Å². The number of aliphatic imine (C=N–C) groups is 1. The number of halogens is 4. The molecular formula is C22H29F3IN5O. The highest BCUT2D eigenvalue weighted by atomic mass is 127. The lowest BCUT2D eigenvalue weighted by atomic mass is 10.1. The minimum atomic E-state index is -4.38. The van der Waals surface area contributed by atoms with Gasteiger partial charge >= 0.3 is 12.2 Å². The Hall–Kier alpha value is -2.50. The van der Waals surface area contributed by atoms with E-state index in [1.165, 1.54) is 6.07 Å². The number of guanidine groups is 1. The molecule has 32 heavy (non-hydrogen) atoms. The quantitative estimate of drug-likeness (QED) is 0.215. The smallest absolute Gasteiger partial charge is 0.357 e. The number of hydrogen-bond acceptors (Lipinski definition) is 2. The maximum Gasteiger partial charge on any atom is 0.416 e. The molecule has 0 aliphatic heterocycles. The van der Waals surface area contributed by atoms with Gasteiger partial charge in [0.15, 0.2) is 5.96 Å². The van der Waals surface area contributed by atoms with E-state index in [4.69, 9.17) is 0 Å². The van der Waals surface area contributed by atoms with Crippen molar-refractivity contribution in [1.29, 1.82) is 0 Å². The maximum absolute atomic E-state index is 12.9. The summed E-state index contributed by atoms with van der Waals surface area (Å²) in [6.07, 6.45) is -4.38. The minimum absolute atomic E-state index is 0. The van der Waals surface area contributed by atoms with E-state index in [2.05, 4.69) is 26.3 Å². The minimum Gasteiger partial charge on any atom is -0.357 e. The molecule has 6 nitrogen and oxygen atoms in total. The fourth-order valence-corrected chi connectivity index (χ4v) is 2.68. The Morgan fingerprint density at radius 1 is 1.03 bits per heavy atom. The Balaban J connectivity index is 0.00000512. The number of carbonyl (C=O) groups is 1. The zero-order valence-corrected chi connectivity index (χ0v) is 20.5. The summed E-state index contributed by atoms with van der Waals surface area (Å²) in [5.41, 5.74) is 1.42. The van der Waals surface area contributed by atoms with Crippen LogP contribution in [0.5, 0.6) is 0 Å². The van der Waals surface area contributed by atoms with Crippen LogP contribution in [-0.4, -0.2) is 24.6 Å². The zero-order chi connectivity index (χ0) is 22.9. The van der Waals surface area contributed by atoms with Crippen LogP contribution in [0.25, 0.3) is 0 Å². The van der Waals surface area contributed by atoms with Crippen LogP contribution in [0.4, 0.5) is 23.7 Å². The lowest BCUT2D eigenvalue weighted by molar-refractivity contribution is -0.137. The van der Waals surface area contributed by atoms with Crippen molar-refractivity contribution in [3.8, 4) is 0 Å². The second kappa shape index (κ2) is 13.1. The van der Waals surface area contributed by atoms with E-state index in [1.54, 1.807) is 18.2 Å². The molecule has 0 saturated carbocycles. The Morgan fingerprint density at radius 2 is 1.72 bits per heavy atom. The third-order valence-electron chi connectivity index (χ3n) is 4.11. The van der Waals surface area contributed by atoms with Crippen LogP contribution < -0.4 is 21.3 Å². The zero-order valence-electron chi connectivity index (χ0n) is 18.2. The fourth-order valence-electron chi connectivity index (χ4n) is 2.68. The lowest BCUT2D eigenvalue weighted by Crippen LogP contribution is -2.36. The molecule has 2 amide bonds. The number of anilines is 1. The number of urea groups is 1. The molecule has 0 heterocycles. The van der Waals surface area contributed by atoms with Crippen molar-refractivity contribution in [2.24, 2.45) is 4.99 Å². The van der Waals surface area contributed by atoms with Gasteiger partial charge in [-0.1, -0.05) is 24.3 Å². The van der Waals surface area contributed by atoms with Crippen LogP contribution >= 0.6 is 24.0 Å². The maximum atomic E-state index is 12.9. The highest BCUT2D eigenvalue weighted by Crippen LogP contribution is 2.29. The molecule has 2 rings (SSSR count). The number of nitrogens with one attached hydrogen (secondary N) is 4. The van der Waals surface area contributed by atoms with Crippen LogP contribution in [0.1, 0.15) is 37.5 Å². The molecule has 0 unspecified atom stereocenters. The second-order valence-electron chi connectivity index (χ2n) is 7.20. The van der Waals surface area contributed by atoms with Gasteiger partial charge in [0.2, 0.25) is 0 Å². The molecule has 10 heteroatoms. The highest BCUT2D eigenvalue weighted by molar-refractivity contribution is 14.0. The second-order valence-corrected chi connectivity index (χ2v) is 7.20. The van der Waals surface area contributed by atoms with Gasteiger partial charge in [-0.05, 0) is 56.2 Å². The molecule has 4 N–H and O–H groups in total. The lowest BCUT2D eigenvalue weighted by Gasteiger charge is -2.13. The Kier molecular flexibility index (Phi) is 11.3. The van der Waals surface area contributed by atoms with E-state index in [0.717, 1.165) is 17.7 Å². The molecule has 0 aliphatic carbocycles. The van der Waals surface area contributed by atoms with Crippen molar-refractivity contribution < 1.29 is 18.0 Å².